The number of piperidine rings is 1. The van der Waals surface area contributed by atoms with E-state index in [0.717, 1.165) is 30.3 Å². The van der Waals surface area contributed by atoms with E-state index in [1.54, 1.807) is 4.90 Å². The highest BCUT2D eigenvalue weighted by Crippen LogP contribution is 2.35. The Labute approximate surface area is 204 Å². The minimum absolute atomic E-state index is 0.0320. The van der Waals surface area contributed by atoms with E-state index >= 15 is 0 Å². The van der Waals surface area contributed by atoms with Crippen LogP contribution < -0.4 is 15.4 Å². The molecule has 1 aliphatic heterocycles. The van der Waals surface area contributed by atoms with E-state index in [2.05, 4.69) is 0 Å². The number of amides is 2. The predicted molar refractivity (Wildman–Crippen MR) is 121 cm³/mol. The third-order valence-corrected chi connectivity index (χ3v) is 7.20. The molecule has 2 amide bonds. The highest BCUT2D eigenvalue weighted by atomic mass is 35.5. The summed E-state index contributed by atoms with van der Waals surface area (Å²) < 4.78 is 66.3. The van der Waals surface area contributed by atoms with Crippen molar-refractivity contribution in [3.05, 3.63) is 57.6 Å². The zero-order valence-corrected chi connectivity index (χ0v) is 19.9. The van der Waals surface area contributed by atoms with Crippen molar-refractivity contribution < 1.29 is 31.2 Å². The third kappa shape index (κ3) is 6.34. The molecule has 3 N–H and O–H groups in total. The maximum atomic E-state index is 13.1. The van der Waals surface area contributed by atoms with E-state index < -0.39 is 33.6 Å². The van der Waals surface area contributed by atoms with Gasteiger partial charge in [-0.05, 0) is 55.2 Å². The monoisotopic (exact) mass is 537 g/mol. The summed E-state index contributed by atoms with van der Waals surface area (Å²) in [5.41, 5.74) is 4.47. The second-order valence-electron chi connectivity index (χ2n) is 7.86. The summed E-state index contributed by atoms with van der Waals surface area (Å²) in [6.07, 6.45) is -3.90. The Morgan fingerprint density at radius 1 is 1.06 bits per heavy atom. The SMILES string of the molecule is NC(=O)c1ccc(C(F)(F)F)cc1N1CCC(CC(=O)NS(=O)(=O)c2cc(Cl)cc(Cl)c2)CC1. The van der Waals surface area contributed by atoms with Crippen molar-refractivity contribution in [2.45, 2.75) is 30.3 Å². The zero-order chi connectivity index (χ0) is 25.3. The lowest BCUT2D eigenvalue weighted by Crippen LogP contribution is -2.38. The highest BCUT2D eigenvalue weighted by molar-refractivity contribution is 7.90. The Bertz CT molecular complexity index is 1190. The molecule has 184 valence electrons. The number of nitrogens with zero attached hydrogens (tertiary/aromatic N) is 1. The van der Waals surface area contributed by atoms with Crippen LogP contribution in [0.2, 0.25) is 10.0 Å². The van der Waals surface area contributed by atoms with E-state index in [9.17, 15) is 31.2 Å². The molecular weight excluding hydrogens is 518 g/mol. The molecule has 1 fully saturated rings. The summed E-state index contributed by atoms with van der Waals surface area (Å²) in [5, 5.41) is 0.190. The standard InChI is InChI=1S/C21H20Cl2F3N3O4S/c22-14-9-15(23)11-16(10-14)34(32,33)28-19(30)7-12-3-5-29(6-4-12)18-8-13(21(24,25)26)1-2-17(18)20(27)31/h1-2,8-12H,3-7H2,(H2,27,31)(H,28,30). The van der Waals surface area contributed by atoms with Crippen molar-refractivity contribution in [3.8, 4) is 0 Å². The van der Waals surface area contributed by atoms with Crippen LogP contribution in [0.1, 0.15) is 35.2 Å². The molecule has 1 aliphatic rings. The fourth-order valence-electron chi connectivity index (χ4n) is 3.75. The smallest absolute Gasteiger partial charge is 0.371 e. The van der Waals surface area contributed by atoms with Gasteiger partial charge < -0.3 is 10.6 Å². The van der Waals surface area contributed by atoms with Gasteiger partial charge in [0.25, 0.3) is 15.9 Å². The summed E-state index contributed by atoms with van der Waals surface area (Å²) in [6, 6.07) is 6.41. The molecule has 1 saturated heterocycles. The minimum atomic E-state index is -4.58. The lowest BCUT2D eigenvalue weighted by molar-refractivity contribution is -0.137. The molecule has 3 rings (SSSR count). The van der Waals surface area contributed by atoms with Gasteiger partial charge in [0.2, 0.25) is 5.91 Å². The van der Waals surface area contributed by atoms with E-state index in [0.29, 0.717) is 12.8 Å². The molecule has 0 spiro atoms. The first-order chi connectivity index (χ1) is 15.8. The molecule has 0 aromatic heterocycles. The number of sulfonamides is 1. The number of rotatable bonds is 6. The normalized spacial score (nSPS) is 15.3. The number of hydrogen-bond acceptors (Lipinski definition) is 5. The van der Waals surface area contributed by atoms with Crippen LogP contribution in [0.3, 0.4) is 0 Å². The summed E-state index contributed by atoms with van der Waals surface area (Å²) in [6.45, 7) is 0.520. The first kappa shape index (κ1) is 26.1. The van der Waals surface area contributed by atoms with Crippen LogP contribution in [0.25, 0.3) is 0 Å². The van der Waals surface area contributed by atoms with Crippen LogP contribution in [0.5, 0.6) is 0 Å². The zero-order valence-electron chi connectivity index (χ0n) is 17.5. The number of primary amides is 1. The van der Waals surface area contributed by atoms with Gasteiger partial charge in [-0.2, -0.15) is 13.2 Å². The van der Waals surface area contributed by atoms with Gasteiger partial charge >= 0.3 is 6.18 Å². The highest BCUT2D eigenvalue weighted by Gasteiger charge is 2.33. The topological polar surface area (TPSA) is 110 Å². The van der Waals surface area contributed by atoms with Gasteiger partial charge in [0.1, 0.15) is 0 Å². The number of halogens is 5. The van der Waals surface area contributed by atoms with Crippen LogP contribution in [-0.2, 0) is 21.0 Å². The molecule has 1 heterocycles. The first-order valence-electron chi connectivity index (χ1n) is 10.0. The largest absolute Gasteiger partial charge is 0.416 e. The van der Waals surface area contributed by atoms with Crippen molar-refractivity contribution in [1.29, 1.82) is 0 Å². The fourth-order valence-corrected chi connectivity index (χ4v) is 5.47. The molecule has 34 heavy (non-hydrogen) atoms. The molecular formula is C21H20Cl2F3N3O4S. The quantitative estimate of drug-likeness (QED) is 0.573. The fraction of sp³-hybridized carbons (Fsp3) is 0.333. The minimum Gasteiger partial charge on any atom is -0.371 e. The molecule has 0 aliphatic carbocycles. The van der Waals surface area contributed by atoms with Gasteiger partial charge in [-0.1, -0.05) is 23.2 Å². The third-order valence-electron chi connectivity index (χ3n) is 5.41. The second-order valence-corrected chi connectivity index (χ2v) is 10.4. The van der Waals surface area contributed by atoms with Crippen LogP contribution in [-0.4, -0.2) is 33.3 Å². The number of nitrogens with two attached hydrogens (primary N) is 1. The lowest BCUT2D eigenvalue weighted by atomic mass is 9.92. The Balaban J connectivity index is 1.65. The van der Waals surface area contributed by atoms with Crippen molar-refractivity contribution >= 4 is 50.7 Å². The van der Waals surface area contributed by atoms with E-state index in [1.807, 2.05) is 4.72 Å². The van der Waals surface area contributed by atoms with Gasteiger partial charge in [-0.25, -0.2) is 13.1 Å². The number of alkyl halides is 3. The molecule has 0 bridgehead atoms. The molecule has 0 unspecified atom stereocenters. The summed E-state index contributed by atoms with van der Waals surface area (Å²) >= 11 is 11.6. The van der Waals surface area contributed by atoms with Gasteiger partial charge in [-0.3, -0.25) is 9.59 Å². The summed E-state index contributed by atoms with van der Waals surface area (Å²) in [4.78, 5) is 25.4. The molecule has 0 radical (unpaired) electrons. The summed E-state index contributed by atoms with van der Waals surface area (Å²) in [5.74, 6) is -1.79. The Morgan fingerprint density at radius 3 is 2.18 bits per heavy atom. The molecule has 13 heteroatoms. The van der Waals surface area contributed by atoms with Gasteiger partial charge in [0, 0.05) is 29.6 Å². The van der Waals surface area contributed by atoms with Gasteiger partial charge in [0.15, 0.2) is 0 Å². The van der Waals surface area contributed by atoms with Crippen LogP contribution in [0, 0.1) is 5.92 Å². The molecule has 7 nitrogen and oxygen atoms in total. The average Bonchev–Trinajstić information content (AvgIpc) is 2.72. The number of anilines is 1. The van der Waals surface area contributed by atoms with Crippen molar-refractivity contribution in [2.24, 2.45) is 11.7 Å². The van der Waals surface area contributed by atoms with Crippen molar-refractivity contribution in [1.82, 2.24) is 4.72 Å². The van der Waals surface area contributed by atoms with E-state index in [-0.39, 0.29) is 51.6 Å². The van der Waals surface area contributed by atoms with Gasteiger partial charge in [0.05, 0.1) is 21.7 Å². The Hall–Kier alpha value is -2.50. The number of benzene rings is 2. The first-order valence-corrected chi connectivity index (χ1v) is 12.3. The number of carbonyl (C=O) groups is 2. The number of hydrogen-bond donors (Lipinski definition) is 2. The Morgan fingerprint density at radius 2 is 1.65 bits per heavy atom. The van der Waals surface area contributed by atoms with Gasteiger partial charge in [-0.15, -0.1) is 0 Å². The van der Waals surface area contributed by atoms with Crippen LogP contribution in [0.4, 0.5) is 18.9 Å². The molecule has 0 saturated carbocycles. The maximum Gasteiger partial charge on any atom is 0.416 e. The molecule has 2 aromatic carbocycles. The second kappa shape index (κ2) is 10.0. The van der Waals surface area contributed by atoms with Crippen LogP contribution >= 0.6 is 23.2 Å². The molecule has 2 aromatic rings. The molecule has 0 atom stereocenters. The lowest BCUT2D eigenvalue weighted by Gasteiger charge is -2.34. The predicted octanol–water partition coefficient (Wildman–Crippen LogP) is 4.22. The van der Waals surface area contributed by atoms with Crippen molar-refractivity contribution in [2.75, 3.05) is 18.0 Å². The van der Waals surface area contributed by atoms with E-state index in [1.165, 1.54) is 6.07 Å². The Kier molecular flexibility index (Phi) is 7.69. The average molecular weight is 538 g/mol. The maximum absolute atomic E-state index is 13.1. The van der Waals surface area contributed by atoms with Crippen LogP contribution in [0.15, 0.2) is 41.3 Å². The van der Waals surface area contributed by atoms with E-state index in [4.69, 9.17) is 28.9 Å². The van der Waals surface area contributed by atoms with Crippen molar-refractivity contribution in [3.63, 3.8) is 0 Å². The number of carbonyl (C=O) groups excluding carboxylic acids is 2. The summed E-state index contributed by atoms with van der Waals surface area (Å²) in [7, 11) is -4.18. The number of nitrogens with one attached hydrogen (secondary N) is 1.